The van der Waals surface area contributed by atoms with Crippen molar-refractivity contribution in [3.05, 3.63) is 182 Å². The van der Waals surface area contributed by atoms with Crippen LogP contribution in [0.2, 0.25) is 0 Å². The summed E-state index contributed by atoms with van der Waals surface area (Å²) in [5.74, 6) is 0. The molecule has 0 unspecified atom stereocenters. The summed E-state index contributed by atoms with van der Waals surface area (Å²) in [6, 6.07) is 66.0. The molecule has 0 spiro atoms. The molecule has 0 aromatic heterocycles. The van der Waals surface area contributed by atoms with E-state index >= 15 is 0 Å². The molecule has 0 aliphatic carbocycles. The molecular formula is C40H40Br2Cl6Mn2P2. The third kappa shape index (κ3) is 14.8. The van der Waals surface area contributed by atoms with Gasteiger partial charge in [-0.15, -0.1) is 0 Å². The molecule has 0 N–H and O–H groups in total. The first-order chi connectivity index (χ1) is 24.8. The van der Waals surface area contributed by atoms with Crippen LogP contribution in [0.4, 0.5) is 0 Å². The van der Waals surface area contributed by atoms with E-state index in [2.05, 4.69) is 224 Å². The molecule has 0 saturated heterocycles. The summed E-state index contributed by atoms with van der Waals surface area (Å²) in [5.41, 5.74) is 0. The molecule has 6 rings (SSSR count). The van der Waals surface area contributed by atoms with E-state index in [1.165, 1.54) is 31.8 Å². The summed E-state index contributed by atoms with van der Waals surface area (Å²) < 4.78 is 0. The molecule has 0 nitrogen and oxygen atoms in total. The Morgan fingerprint density at radius 2 is 0.442 bits per heavy atom. The van der Waals surface area contributed by atoms with Crippen LogP contribution < -0.4 is 31.8 Å². The van der Waals surface area contributed by atoms with Gasteiger partial charge in [-0.2, -0.15) is 0 Å². The molecule has 0 saturated carbocycles. The van der Waals surface area contributed by atoms with E-state index < -0.39 is 31.1 Å². The molecule has 0 atom stereocenters. The van der Waals surface area contributed by atoms with Crippen molar-refractivity contribution in [1.29, 1.82) is 0 Å². The number of rotatable bonds is 8. The van der Waals surface area contributed by atoms with Gasteiger partial charge in [0, 0.05) is 0 Å². The summed E-state index contributed by atoms with van der Waals surface area (Å²) in [5, 5.41) is 8.78. The normalized spacial score (nSPS) is 12.0. The Hall–Kier alpha value is -0.0810. The minimum absolute atomic E-state index is 1.14. The molecule has 280 valence electrons. The molecule has 0 amide bonds. The number of benzene rings is 6. The van der Waals surface area contributed by atoms with Gasteiger partial charge in [0.25, 0.3) is 0 Å². The van der Waals surface area contributed by atoms with Crippen molar-refractivity contribution in [3.8, 4) is 0 Å². The zero-order valence-corrected chi connectivity index (χ0v) is 40.3. The van der Waals surface area contributed by atoms with Gasteiger partial charge in [-0.3, -0.25) is 0 Å². The molecule has 52 heavy (non-hydrogen) atoms. The zero-order chi connectivity index (χ0) is 38.1. The molecule has 0 radical (unpaired) electrons. The predicted molar refractivity (Wildman–Crippen MR) is 244 cm³/mol. The van der Waals surface area contributed by atoms with Crippen molar-refractivity contribution >= 4 is 135 Å². The molecule has 6 aromatic rings. The Morgan fingerprint density at radius 1 is 0.327 bits per heavy atom. The second-order valence-corrected chi connectivity index (χ2v) is 50.7. The fourth-order valence-corrected chi connectivity index (χ4v) is 14.2. The number of hydrogen-bond acceptors (Lipinski definition) is 0. The molecule has 6 aromatic carbocycles. The van der Waals surface area contributed by atoms with Crippen molar-refractivity contribution in [2.24, 2.45) is 0 Å². The van der Waals surface area contributed by atoms with Gasteiger partial charge in [-0.1, -0.05) is 109 Å². The van der Waals surface area contributed by atoms with Crippen molar-refractivity contribution in [2.75, 3.05) is 12.3 Å². The van der Waals surface area contributed by atoms with Crippen molar-refractivity contribution in [3.63, 3.8) is 0 Å². The van der Waals surface area contributed by atoms with E-state index in [4.69, 9.17) is 60.6 Å². The van der Waals surface area contributed by atoms with Crippen LogP contribution >= 0.6 is 103 Å². The van der Waals surface area contributed by atoms with E-state index in [-0.39, 0.29) is 0 Å². The summed E-state index contributed by atoms with van der Waals surface area (Å²) in [4.78, 5) is 0. The minimum atomic E-state index is -2.40. The van der Waals surface area contributed by atoms with Gasteiger partial charge in [0.2, 0.25) is 0 Å². The number of halogens is 8. The van der Waals surface area contributed by atoms with Crippen molar-refractivity contribution in [2.45, 2.75) is 13.8 Å². The maximum absolute atomic E-state index is 5.12. The SMILES string of the molecule is CC[P+](c1ccccc1)(c1ccccc1)c1ccccc1.CC[P+](c1ccccc1)(c1ccccc1)c1ccccc1.[Cl][Mn-]([Cl])([Cl])[Br].[Cl][Mn-]([Cl])([Cl])[Br]. The predicted octanol–water partition coefficient (Wildman–Crippen LogP) is 13.8. The van der Waals surface area contributed by atoms with Crippen LogP contribution in [0.5, 0.6) is 0 Å². The van der Waals surface area contributed by atoms with E-state index in [1.54, 1.807) is 0 Å². The molecule has 0 bridgehead atoms. The molecule has 0 heterocycles. The van der Waals surface area contributed by atoms with Crippen molar-refractivity contribution < 1.29 is 16.6 Å². The maximum atomic E-state index is 5.12. The topological polar surface area (TPSA) is 0 Å². The Balaban J connectivity index is 0.000000223. The summed E-state index contributed by atoms with van der Waals surface area (Å²) in [7, 11) is 22.8. The zero-order valence-electron chi connectivity index (χ0n) is 28.4. The molecule has 0 aliphatic heterocycles. The van der Waals surface area contributed by atoms with Crippen LogP contribution in [-0.4, -0.2) is 12.3 Å². The first-order valence-corrected chi connectivity index (χ1v) is 35.5. The Morgan fingerprint density at radius 3 is 0.538 bits per heavy atom. The van der Waals surface area contributed by atoms with E-state index in [9.17, 15) is 0 Å². The first kappa shape index (κ1) is 46.3. The Labute approximate surface area is 355 Å². The van der Waals surface area contributed by atoms with Gasteiger partial charge in [-0.05, 0) is 86.6 Å². The van der Waals surface area contributed by atoms with Crippen LogP contribution in [0.25, 0.3) is 0 Å². The second kappa shape index (κ2) is 23.2. The molecular weight excluding hydrogens is 1020 g/mol. The first-order valence-electron chi connectivity index (χ1n) is 16.0. The van der Waals surface area contributed by atoms with Gasteiger partial charge in [0.1, 0.15) is 46.4 Å². The number of hydrogen-bond donors (Lipinski definition) is 0. The van der Waals surface area contributed by atoms with E-state index in [0.29, 0.717) is 0 Å². The van der Waals surface area contributed by atoms with Crippen LogP contribution in [0.15, 0.2) is 182 Å². The van der Waals surface area contributed by atoms with Crippen LogP contribution in [0.3, 0.4) is 0 Å². The van der Waals surface area contributed by atoms with Gasteiger partial charge in [-0.25, -0.2) is 0 Å². The third-order valence-corrected chi connectivity index (χ3v) is 17.1. The summed E-state index contributed by atoms with van der Waals surface area (Å²) >= 11 is 5.62. The average Bonchev–Trinajstić information content (AvgIpc) is 3.15. The Bertz CT molecular complexity index is 1490. The third-order valence-electron chi connectivity index (χ3n) is 8.13. The van der Waals surface area contributed by atoms with Crippen LogP contribution in [0.1, 0.15) is 13.8 Å². The molecule has 0 aliphatic rings. The monoisotopic (exact) mass is 1060 g/mol. The summed E-state index contributed by atoms with van der Waals surface area (Å²) in [6.45, 7) is 4.64. The second-order valence-electron chi connectivity index (χ2n) is 10.9. The fraction of sp³-hybridized carbons (Fsp3) is 0.100. The summed E-state index contributed by atoms with van der Waals surface area (Å²) in [6.07, 6.45) is 2.29. The average molecular weight is 1070 g/mol. The Kier molecular flexibility index (Phi) is 20.7. The van der Waals surface area contributed by atoms with Gasteiger partial charge in [0.05, 0.1) is 12.3 Å². The van der Waals surface area contributed by atoms with Crippen molar-refractivity contribution in [1.82, 2.24) is 0 Å². The molecule has 12 heteroatoms. The van der Waals surface area contributed by atoms with E-state index in [0.717, 1.165) is 12.3 Å². The van der Waals surface area contributed by atoms with Gasteiger partial charge >= 0.3 is 105 Å². The van der Waals surface area contributed by atoms with Gasteiger partial charge < -0.3 is 0 Å². The van der Waals surface area contributed by atoms with Crippen LogP contribution in [0, 0.1) is 0 Å². The standard InChI is InChI=1S/2C20H20P.2BrH.6ClH.2Mn/c2*1-2-21(18-12-6-3-7-13-18,19-14-8-4-9-15-19)20-16-10-5-11-17-20;;;;;;;;;;/h2*3-17H,2H2,1H3;8*1H;;/q2*+1;;;;;;;;;2*+3/p-8. The van der Waals surface area contributed by atoms with Crippen LogP contribution in [-0.2, 0) is 16.6 Å². The quantitative estimate of drug-likeness (QED) is 0.105. The van der Waals surface area contributed by atoms with Gasteiger partial charge in [0.15, 0.2) is 0 Å². The molecule has 0 fully saturated rings. The fourth-order valence-electron chi connectivity index (χ4n) is 6.08. The van der Waals surface area contributed by atoms with E-state index in [1.807, 2.05) is 0 Å².